The van der Waals surface area contributed by atoms with Gasteiger partial charge in [0.2, 0.25) is 5.91 Å². The number of rotatable bonds is 10. The van der Waals surface area contributed by atoms with Crippen LogP contribution >= 0.6 is 0 Å². The summed E-state index contributed by atoms with van der Waals surface area (Å²) in [5, 5.41) is 5.29. The van der Waals surface area contributed by atoms with Gasteiger partial charge in [-0.25, -0.2) is 4.57 Å². The number of nitrogens with zero attached hydrogens (tertiary/aromatic N) is 3. The minimum atomic E-state index is -0.363. The largest absolute Gasteiger partial charge is 0.378 e. The fraction of sp³-hybridized carbons (Fsp3) is 0.241. The lowest BCUT2D eigenvalue weighted by molar-refractivity contribution is -0.697. The Bertz CT molecular complexity index is 1310. The zero-order valence-electron chi connectivity index (χ0n) is 20.7. The highest BCUT2D eigenvalue weighted by atomic mass is 16.2. The lowest BCUT2D eigenvalue weighted by Crippen LogP contribution is -2.37. The Morgan fingerprint density at radius 3 is 2.31 bits per heavy atom. The van der Waals surface area contributed by atoms with Gasteiger partial charge in [-0.05, 0) is 40.1 Å². The lowest BCUT2D eigenvalue weighted by Gasteiger charge is -2.13. The molecular weight excluding hydrogens is 452 g/mol. The molecule has 0 saturated heterocycles. The van der Waals surface area contributed by atoms with Gasteiger partial charge in [-0.15, -0.1) is 0 Å². The second-order valence-corrected chi connectivity index (χ2v) is 9.00. The molecule has 0 fully saturated rings. The zero-order chi connectivity index (χ0) is 25.5. The molecule has 0 unspecified atom stereocenters. The van der Waals surface area contributed by atoms with Gasteiger partial charge in [0.1, 0.15) is 6.54 Å². The molecule has 7 nitrogen and oxygen atoms in total. The van der Waals surface area contributed by atoms with E-state index in [2.05, 4.69) is 75.5 Å². The second-order valence-electron chi connectivity index (χ2n) is 9.00. The van der Waals surface area contributed by atoms with Crippen molar-refractivity contribution in [1.29, 1.82) is 0 Å². The van der Waals surface area contributed by atoms with E-state index in [4.69, 9.17) is 0 Å². The van der Waals surface area contributed by atoms with Crippen LogP contribution in [0.3, 0.4) is 0 Å². The molecule has 1 aromatic heterocycles. The molecule has 184 valence electrons. The number of carbonyl (C=O) groups excluding carboxylic acids is 3. The molecule has 7 heteroatoms. The highest BCUT2D eigenvalue weighted by Crippen LogP contribution is 2.23. The van der Waals surface area contributed by atoms with Crippen LogP contribution in [-0.2, 0) is 20.9 Å². The lowest BCUT2D eigenvalue weighted by atomic mass is 10.1. The highest BCUT2D eigenvalue weighted by Gasteiger charge is 2.23. The van der Waals surface area contributed by atoms with Crippen molar-refractivity contribution in [2.24, 2.45) is 0 Å². The number of fused-ring (bicyclic) bond motifs is 1. The molecule has 0 bridgehead atoms. The number of anilines is 1. The van der Waals surface area contributed by atoms with Crippen LogP contribution < -0.4 is 14.8 Å². The summed E-state index contributed by atoms with van der Waals surface area (Å²) in [6.07, 6.45) is 11.6. The van der Waals surface area contributed by atoms with Crippen LogP contribution in [0.4, 0.5) is 5.69 Å². The third-order valence-corrected chi connectivity index (χ3v) is 6.13. The van der Waals surface area contributed by atoms with E-state index in [9.17, 15) is 14.4 Å². The molecule has 0 radical (unpaired) electrons. The summed E-state index contributed by atoms with van der Waals surface area (Å²) < 4.78 is 2.08. The first-order chi connectivity index (χ1) is 17.4. The number of aromatic nitrogens is 1. The number of hydrogen-bond donors (Lipinski definition) is 1. The smallest absolute Gasteiger partial charge is 0.253 e. The predicted octanol–water partition coefficient (Wildman–Crippen LogP) is 3.19. The number of amides is 3. The van der Waals surface area contributed by atoms with Gasteiger partial charge in [0, 0.05) is 70.0 Å². The Hall–Kier alpha value is -4.26. The normalized spacial score (nSPS) is 13.2. The zero-order valence-corrected chi connectivity index (χ0v) is 20.7. The van der Waals surface area contributed by atoms with Gasteiger partial charge < -0.3 is 10.2 Å². The summed E-state index contributed by atoms with van der Waals surface area (Å²) in [4.78, 5) is 38.2. The first kappa shape index (κ1) is 24.9. The molecule has 1 N–H and O–H groups in total. The Kier molecular flexibility index (Phi) is 7.90. The number of benzene rings is 2. The van der Waals surface area contributed by atoms with Gasteiger partial charge in [-0.2, -0.15) is 0 Å². The number of hydrogen-bond acceptors (Lipinski definition) is 4. The van der Waals surface area contributed by atoms with Crippen molar-refractivity contribution in [2.45, 2.75) is 19.4 Å². The van der Waals surface area contributed by atoms with Gasteiger partial charge in [-0.1, -0.05) is 30.4 Å². The Morgan fingerprint density at radius 1 is 0.917 bits per heavy atom. The summed E-state index contributed by atoms with van der Waals surface area (Å²) in [5.74, 6) is -0.892. The van der Waals surface area contributed by atoms with Gasteiger partial charge in [0.15, 0.2) is 12.4 Å². The van der Waals surface area contributed by atoms with E-state index in [-0.39, 0.29) is 30.7 Å². The number of nitrogens with one attached hydrogen (secondary N) is 1. The van der Waals surface area contributed by atoms with Crippen molar-refractivity contribution >= 4 is 46.3 Å². The van der Waals surface area contributed by atoms with Gasteiger partial charge >= 0.3 is 0 Å². The molecule has 2 heterocycles. The maximum Gasteiger partial charge on any atom is 0.253 e. The summed E-state index contributed by atoms with van der Waals surface area (Å²) in [6, 6.07) is 17.1. The van der Waals surface area contributed by atoms with Crippen LogP contribution in [0.25, 0.3) is 22.9 Å². The molecule has 0 aliphatic carbocycles. The molecule has 1 aliphatic rings. The van der Waals surface area contributed by atoms with Crippen molar-refractivity contribution in [3.8, 4) is 0 Å². The van der Waals surface area contributed by atoms with Crippen molar-refractivity contribution < 1.29 is 19.0 Å². The van der Waals surface area contributed by atoms with Crippen LogP contribution in [0, 0.1) is 0 Å². The van der Waals surface area contributed by atoms with Crippen LogP contribution in [-0.4, -0.2) is 49.8 Å². The first-order valence-corrected chi connectivity index (χ1v) is 12.1. The quantitative estimate of drug-likeness (QED) is 0.273. The molecule has 0 atom stereocenters. The molecule has 1 aliphatic heterocycles. The van der Waals surface area contributed by atoms with E-state index in [1.807, 2.05) is 26.5 Å². The highest BCUT2D eigenvalue weighted by molar-refractivity contribution is 6.13. The minimum Gasteiger partial charge on any atom is -0.378 e. The van der Waals surface area contributed by atoms with E-state index in [0.717, 1.165) is 29.0 Å². The fourth-order valence-electron chi connectivity index (χ4n) is 4.00. The average molecular weight is 484 g/mol. The molecular formula is C29H31N4O3+. The molecule has 0 saturated carbocycles. The van der Waals surface area contributed by atoms with E-state index in [0.29, 0.717) is 6.54 Å². The third kappa shape index (κ3) is 6.44. The standard InChI is InChI=1S/C29H30N4O3/c1-31(2)26-9-8-24-20-23(6-7-25(24)21-26)5-4-22-12-17-32(18-13-22)16-3-15-30-27(34)14-19-33-28(35)10-11-29(33)36/h4-13,17-18,20-21H,3,14-16,19H2,1-2H3/p+1. The summed E-state index contributed by atoms with van der Waals surface area (Å²) >= 11 is 0. The van der Waals surface area contributed by atoms with E-state index < -0.39 is 0 Å². The van der Waals surface area contributed by atoms with E-state index in [1.165, 1.54) is 28.6 Å². The minimum absolute atomic E-state index is 0.108. The maximum atomic E-state index is 12.0. The van der Waals surface area contributed by atoms with E-state index >= 15 is 0 Å². The SMILES string of the molecule is CN(C)c1ccc2cc(/C=C/c3cc[n+](CCCNC(=O)CCN4C(=O)C=CC4=O)cc3)ccc2c1. The predicted molar refractivity (Wildman–Crippen MR) is 142 cm³/mol. The Morgan fingerprint density at radius 2 is 1.58 bits per heavy atom. The Balaban J connectivity index is 1.21. The molecule has 3 aromatic rings. The maximum absolute atomic E-state index is 12.0. The fourth-order valence-corrected chi connectivity index (χ4v) is 4.00. The van der Waals surface area contributed by atoms with Crippen molar-refractivity contribution in [1.82, 2.24) is 10.2 Å². The van der Waals surface area contributed by atoms with Gasteiger partial charge in [0.25, 0.3) is 11.8 Å². The van der Waals surface area contributed by atoms with Gasteiger partial charge in [0.05, 0.1) is 0 Å². The van der Waals surface area contributed by atoms with Crippen molar-refractivity contribution in [3.63, 3.8) is 0 Å². The number of aryl methyl sites for hydroxylation is 1. The average Bonchev–Trinajstić information content (AvgIpc) is 3.21. The van der Waals surface area contributed by atoms with Crippen molar-refractivity contribution in [2.75, 3.05) is 32.1 Å². The summed E-state index contributed by atoms with van der Waals surface area (Å²) in [7, 11) is 4.09. The monoisotopic (exact) mass is 483 g/mol. The molecule has 3 amide bonds. The second kappa shape index (κ2) is 11.4. The van der Waals surface area contributed by atoms with Crippen LogP contribution in [0.15, 0.2) is 73.1 Å². The Labute approximate surface area is 211 Å². The van der Waals surface area contributed by atoms with Crippen LogP contribution in [0.5, 0.6) is 0 Å². The first-order valence-electron chi connectivity index (χ1n) is 12.1. The summed E-state index contributed by atoms with van der Waals surface area (Å²) in [6.45, 7) is 1.42. The van der Waals surface area contributed by atoms with Crippen molar-refractivity contribution in [3.05, 3.63) is 84.2 Å². The summed E-state index contributed by atoms with van der Waals surface area (Å²) in [5.41, 5.74) is 3.46. The molecule has 2 aromatic carbocycles. The molecule has 4 rings (SSSR count). The molecule has 36 heavy (non-hydrogen) atoms. The number of imide groups is 1. The number of pyridine rings is 1. The third-order valence-electron chi connectivity index (χ3n) is 6.13. The topological polar surface area (TPSA) is 73.6 Å². The number of carbonyl (C=O) groups is 3. The van der Waals surface area contributed by atoms with Crippen LogP contribution in [0.1, 0.15) is 24.0 Å². The molecule has 0 spiro atoms. The van der Waals surface area contributed by atoms with Gasteiger partial charge in [-0.3, -0.25) is 19.3 Å². The van der Waals surface area contributed by atoms with Crippen LogP contribution in [0.2, 0.25) is 0 Å². The van der Waals surface area contributed by atoms with E-state index in [1.54, 1.807) is 0 Å².